The fraction of sp³-hybridized carbons (Fsp3) is 0.250. The molecule has 0 spiro atoms. The number of methoxy groups -OCH3 is 1. The van der Waals surface area contributed by atoms with Crippen LogP contribution in [0.5, 0.6) is 0 Å². The zero-order valence-corrected chi connectivity index (χ0v) is 7.44. The minimum atomic E-state index is -3.37. The highest BCUT2D eigenvalue weighted by molar-refractivity contribution is 9.11. The van der Waals surface area contributed by atoms with Crippen LogP contribution < -0.4 is 0 Å². The molecular formula is C4H4BrNO3S. The third kappa shape index (κ3) is 1.22. The van der Waals surface area contributed by atoms with E-state index in [1.165, 1.54) is 7.11 Å². The number of rotatable bonds is 0. The van der Waals surface area contributed by atoms with Crippen LogP contribution >= 0.6 is 15.9 Å². The molecule has 0 bridgehead atoms. The summed E-state index contributed by atoms with van der Waals surface area (Å²) in [4.78, 5) is 3.54. The fourth-order valence-corrected chi connectivity index (χ4v) is 2.40. The summed E-state index contributed by atoms with van der Waals surface area (Å²) in [5.74, 6) is 0. The maximum absolute atomic E-state index is 10.8. The zero-order valence-electron chi connectivity index (χ0n) is 5.04. The summed E-state index contributed by atoms with van der Waals surface area (Å²) in [5.41, 5.74) is 0. The quantitative estimate of drug-likeness (QED) is 0.568. The number of nitrogens with zero attached hydrogens (tertiary/aromatic N) is 1. The van der Waals surface area contributed by atoms with Crippen molar-refractivity contribution < 1.29 is 13.2 Å². The van der Waals surface area contributed by atoms with E-state index >= 15 is 0 Å². The molecule has 10 heavy (non-hydrogen) atoms. The Morgan fingerprint density at radius 3 is 2.50 bits per heavy atom. The van der Waals surface area contributed by atoms with Crippen molar-refractivity contribution in [3.05, 3.63) is 10.0 Å². The highest BCUT2D eigenvalue weighted by Crippen LogP contribution is 2.19. The molecule has 0 saturated heterocycles. The largest absolute Gasteiger partial charge is 0.472 e. The number of hydrogen-bond donors (Lipinski definition) is 0. The first-order chi connectivity index (χ1) is 4.56. The van der Waals surface area contributed by atoms with Crippen LogP contribution in [0.3, 0.4) is 0 Å². The lowest BCUT2D eigenvalue weighted by Gasteiger charge is -1.93. The highest BCUT2D eigenvalue weighted by Gasteiger charge is 2.24. The summed E-state index contributed by atoms with van der Waals surface area (Å²) < 4.78 is 26.4. The smallest absolute Gasteiger partial charge is 0.315 e. The molecule has 4 nitrogen and oxygen atoms in total. The van der Waals surface area contributed by atoms with E-state index < -0.39 is 9.84 Å². The molecule has 1 aliphatic heterocycles. The lowest BCUT2D eigenvalue weighted by atomic mass is 11.0. The molecule has 1 heterocycles. The van der Waals surface area contributed by atoms with Crippen LogP contribution in [0.2, 0.25) is 0 Å². The van der Waals surface area contributed by atoms with E-state index in [4.69, 9.17) is 0 Å². The molecule has 56 valence electrons. The second-order valence-corrected chi connectivity index (χ2v) is 4.05. The molecule has 0 unspecified atom stereocenters. The first kappa shape index (κ1) is 7.74. The average Bonchev–Trinajstić information content (AvgIpc) is 2.04. The van der Waals surface area contributed by atoms with Crippen molar-refractivity contribution in [2.45, 2.75) is 0 Å². The SMILES string of the molecule is COC1=NC(Br)=CS1(=O)=O. The predicted molar refractivity (Wildman–Crippen MR) is 40.4 cm³/mol. The molecule has 0 aromatic rings. The highest BCUT2D eigenvalue weighted by atomic mass is 79.9. The van der Waals surface area contributed by atoms with Crippen LogP contribution in [0, 0.1) is 0 Å². The molecule has 0 amide bonds. The van der Waals surface area contributed by atoms with Gasteiger partial charge in [-0.15, -0.1) is 0 Å². The Morgan fingerprint density at radius 2 is 2.30 bits per heavy atom. The van der Waals surface area contributed by atoms with E-state index in [1.54, 1.807) is 0 Å². The maximum atomic E-state index is 10.8. The van der Waals surface area contributed by atoms with Gasteiger partial charge in [0.1, 0.15) is 4.61 Å². The normalized spacial score (nSPS) is 21.8. The van der Waals surface area contributed by atoms with E-state index in [0.29, 0.717) is 0 Å². The molecule has 0 fully saturated rings. The van der Waals surface area contributed by atoms with Crippen molar-refractivity contribution in [2.75, 3.05) is 7.11 Å². The summed E-state index contributed by atoms with van der Waals surface area (Å²) in [6.07, 6.45) is 0. The number of halogens is 1. The van der Waals surface area contributed by atoms with E-state index in [0.717, 1.165) is 5.41 Å². The van der Waals surface area contributed by atoms with Gasteiger partial charge in [-0.3, -0.25) is 0 Å². The summed E-state index contributed by atoms with van der Waals surface area (Å²) in [7, 11) is -2.11. The third-order valence-corrected chi connectivity index (χ3v) is 2.86. The van der Waals surface area contributed by atoms with Crippen molar-refractivity contribution in [3.8, 4) is 0 Å². The monoisotopic (exact) mass is 225 g/mol. The van der Waals surface area contributed by atoms with Crippen molar-refractivity contribution in [1.82, 2.24) is 0 Å². The average molecular weight is 226 g/mol. The molecule has 0 N–H and O–H groups in total. The van der Waals surface area contributed by atoms with Crippen molar-refractivity contribution in [1.29, 1.82) is 0 Å². The summed E-state index contributed by atoms with van der Waals surface area (Å²) in [5, 5.41) is 0.727. The van der Waals surface area contributed by atoms with Gasteiger partial charge in [-0.2, -0.15) is 4.99 Å². The molecule has 1 aliphatic rings. The summed E-state index contributed by atoms with van der Waals surface area (Å²) in [6, 6.07) is 0. The van der Waals surface area contributed by atoms with Gasteiger partial charge in [0, 0.05) is 0 Å². The summed E-state index contributed by atoms with van der Waals surface area (Å²) in [6.45, 7) is 0. The van der Waals surface area contributed by atoms with Crippen LogP contribution in [0.25, 0.3) is 0 Å². The molecule has 0 atom stereocenters. The first-order valence-corrected chi connectivity index (χ1v) is 4.65. The van der Waals surface area contributed by atoms with Crippen molar-refractivity contribution in [2.24, 2.45) is 4.99 Å². The topological polar surface area (TPSA) is 55.7 Å². The number of ether oxygens (including phenoxy) is 1. The maximum Gasteiger partial charge on any atom is 0.315 e. The van der Waals surface area contributed by atoms with Gasteiger partial charge in [-0.25, -0.2) is 8.42 Å². The molecule has 0 aromatic carbocycles. The van der Waals surface area contributed by atoms with E-state index in [1.807, 2.05) is 0 Å². The Kier molecular flexibility index (Phi) is 1.82. The second kappa shape index (κ2) is 2.35. The van der Waals surface area contributed by atoms with Crippen LogP contribution in [0.1, 0.15) is 0 Å². The van der Waals surface area contributed by atoms with Gasteiger partial charge in [0.05, 0.1) is 12.5 Å². The second-order valence-electron chi connectivity index (χ2n) is 1.57. The lowest BCUT2D eigenvalue weighted by molar-refractivity contribution is 0.411. The third-order valence-electron chi connectivity index (χ3n) is 0.869. The van der Waals surface area contributed by atoms with E-state index in [2.05, 4.69) is 25.7 Å². The van der Waals surface area contributed by atoms with Gasteiger partial charge in [-0.1, -0.05) is 0 Å². The molecule has 0 radical (unpaired) electrons. The van der Waals surface area contributed by atoms with Gasteiger partial charge >= 0.3 is 5.23 Å². The van der Waals surface area contributed by atoms with Crippen LogP contribution in [-0.2, 0) is 14.6 Å². The predicted octanol–water partition coefficient (Wildman–Crippen LogP) is 0.611. The zero-order chi connectivity index (χ0) is 7.78. The Hall–Kier alpha value is -0.360. The van der Waals surface area contributed by atoms with Crippen LogP contribution in [0.15, 0.2) is 15.0 Å². The Bertz CT molecular complexity index is 302. The molecular weight excluding hydrogens is 222 g/mol. The number of hydrogen-bond acceptors (Lipinski definition) is 4. The van der Waals surface area contributed by atoms with Gasteiger partial charge in [0.25, 0.3) is 9.84 Å². The van der Waals surface area contributed by atoms with Gasteiger partial charge in [-0.05, 0) is 15.9 Å². The molecule has 1 rings (SSSR count). The fourth-order valence-electron chi connectivity index (χ4n) is 0.517. The number of aliphatic imine (C=N–C) groups is 1. The minimum Gasteiger partial charge on any atom is -0.472 e. The van der Waals surface area contributed by atoms with Crippen molar-refractivity contribution >= 4 is 31.0 Å². The van der Waals surface area contributed by atoms with Crippen molar-refractivity contribution in [3.63, 3.8) is 0 Å². The Labute approximate surface area is 66.6 Å². The van der Waals surface area contributed by atoms with Crippen LogP contribution in [0.4, 0.5) is 0 Å². The van der Waals surface area contributed by atoms with Crippen LogP contribution in [-0.4, -0.2) is 20.8 Å². The van der Waals surface area contributed by atoms with Gasteiger partial charge < -0.3 is 4.74 Å². The lowest BCUT2D eigenvalue weighted by Crippen LogP contribution is -2.09. The molecule has 0 aromatic heterocycles. The van der Waals surface area contributed by atoms with E-state index in [-0.39, 0.29) is 9.84 Å². The van der Waals surface area contributed by atoms with Gasteiger partial charge in [0.2, 0.25) is 0 Å². The Morgan fingerprint density at radius 1 is 1.70 bits per heavy atom. The Balaban J connectivity index is 3.15. The molecule has 0 aliphatic carbocycles. The summed E-state index contributed by atoms with van der Waals surface area (Å²) >= 11 is 2.91. The van der Waals surface area contributed by atoms with Gasteiger partial charge in [0.15, 0.2) is 0 Å². The number of sulfone groups is 1. The molecule has 6 heteroatoms. The molecule has 0 saturated carbocycles. The first-order valence-electron chi connectivity index (χ1n) is 2.31. The minimum absolute atomic E-state index is 0.264. The standard InChI is InChI=1S/C4H4BrNO3S/c1-9-4-6-3(5)2-10(4,7)8/h2H,1H3. The van der Waals surface area contributed by atoms with E-state index in [9.17, 15) is 8.42 Å².